The van der Waals surface area contributed by atoms with E-state index in [0.29, 0.717) is 23.3 Å². The second-order valence-corrected chi connectivity index (χ2v) is 8.76. The van der Waals surface area contributed by atoms with E-state index >= 15 is 0 Å². The predicted molar refractivity (Wildman–Crippen MR) is 139 cm³/mol. The van der Waals surface area contributed by atoms with Gasteiger partial charge in [0.05, 0.1) is 27.2 Å². The third-order valence-corrected chi connectivity index (χ3v) is 6.28. The summed E-state index contributed by atoms with van der Waals surface area (Å²) in [7, 11) is 0. The number of nitrogens with one attached hydrogen (secondary N) is 1. The van der Waals surface area contributed by atoms with Gasteiger partial charge in [0.15, 0.2) is 5.82 Å². The number of carboxylic acid groups (broad SMARTS) is 1. The fourth-order valence-corrected chi connectivity index (χ4v) is 4.19. The highest BCUT2D eigenvalue weighted by Crippen LogP contribution is 2.31. The van der Waals surface area contributed by atoms with Crippen LogP contribution in [0.1, 0.15) is 40.2 Å². The normalized spacial score (nSPS) is 13.1. The molecule has 4 rings (SSSR count). The van der Waals surface area contributed by atoms with E-state index in [4.69, 9.17) is 11.6 Å². The van der Waals surface area contributed by atoms with Crippen LogP contribution in [0.4, 0.5) is 8.78 Å². The maximum absolute atomic E-state index is 14.6. The van der Waals surface area contributed by atoms with E-state index in [-0.39, 0.29) is 27.6 Å². The average molecular weight is 505 g/mol. The van der Waals surface area contributed by atoms with Gasteiger partial charge in [-0.3, -0.25) is 0 Å². The molecular weight excluding hydrogens is 482 g/mol. The first-order valence-electron chi connectivity index (χ1n) is 11.2. The lowest BCUT2D eigenvalue weighted by Crippen LogP contribution is -2.07. The van der Waals surface area contributed by atoms with Crippen LogP contribution in [0.5, 0.6) is 0 Å². The molecule has 0 spiro atoms. The Morgan fingerprint density at radius 1 is 1.14 bits per heavy atom. The molecule has 7 heteroatoms. The summed E-state index contributed by atoms with van der Waals surface area (Å²) in [6, 6.07) is 16.9. The number of allylic oxidation sites excluding steroid dienone is 5. The largest absolute Gasteiger partial charge is 0.478 e. The summed E-state index contributed by atoms with van der Waals surface area (Å²) in [6.07, 6.45) is 5.36. The van der Waals surface area contributed by atoms with E-state index in [1.54, 1.807) is 18.2 Å². The fourth-order valence-electron chi connectivity index (χ4n) is 4.03. The quantitative estimate of drug-likeness (QED) is 0.190. The van der Waals surface area contributed by atoms with Crippen molar-refractivity contribution in [1.29, 1.82) is 0 Å². The Balaban J connectivity index is 1.78. The van der Waals surface area contributed by atoms with Gasteiger partial charge in [0.25, 0.3) is 0 Å². The SMILES string of the molecule is C=C/C(=C\C=C(/C)[C@H](Cc1ccccc1)c1nc2cc(C(=O)O)ccc2[nH]1)c1c(F)ccc(Cl)c1F. The molecule has 1 heterocycles. The van der Waals surface area contributed by atoms with Gasteiger partial charge in [-0.05, 0) is 54.8 Å². The molecule has 0 radical (unpaired) electrons. The minimum atomic E-state index is -1.03. The number of aromatic carboxylic acids is 1. The van der Waals surface area contributed by atoms with Gasteiger partial charge in [-0.25, -0.2) is 18.6 Å². The molecule has 0 aliphatic rings. The van der Waals surface area contributed by atoms with Crippen LogP contribution in [0.25, 0.3) is 16.6 Å². The molecule has 0 amide bonds. The molecular formula is C29H23ClF2N2O2. The molecule has 1 aromatic heterocycles. The zero-order chi connectivity index (χ0) is 25.8. The Kier molecular flexibility index (Phi) is 7.46. The smallest absolute Gasteiger partial charge is 0.335 e. The molecule has 0 bridgehead atoms. The number of nitrogens with zero attached hydrogens (tertiary/aromatic N) is 1. The zero-order valence-corrected chi connectivity index (χ0v) is 20.2. The van der Waals surface area contributed by atoms with E-state index in [1.165, 1.54) is 24.3 Å². The molecule has 36 heavy (non-hydrogen) atoms. The van der Waals surface area contributed by atoms with Crippen LogP contribution in [0.3, 0.4) is 0 Å². The molecule has 0 saturated heterocycles. The van der Waals surface area contributed by atoms with Crippen molar-refractivity contribution in [3.8, 4) is 0 Å². The Bertz CT molecular complexity index is 1510. The van der Waals surface area contributed by atoms with Gasteiger partial charge in [-0.15, -0.1) is 0 Å². The number of carbonyl (C=O) groups is 1. The Morgan fingerprint density at radius 2 is 1.89 bits per heavy atom. The van der Waals surface area contributed by atoms with Gasteiger partial charge in [0.2, 0.25) is 0 Å². The Labute approximate surface area is 212 Å². The second kappa shape index (κ2) is 10.7. The molecule has 0 saturated carbocycles. The van der Waals surface area contributed by atoms with E-state index in [1.807, 2.05) is 37.3 Å². The first-order valence-corrected chi connectivity index (χ1v) is 11.6. The lowest BCUT2D eigenvalue weighted by molar-refractivity contribution is 0.0697. The van der Waals surface area contributed by atoms with Crippen LogP contribution in [0.2, 0.25) is 5.02 Å². The highest BCUT2D eigenvalue weighted by molar-refractivity contribution is 6.31. The number of aromatic nitrogens is 2. The molecule has 0 fully saturated rings. The summed E-state index contributed by atoms with van der Waals surface area (Å²) >= 11 is 5.87. The predicted octanol–water partition coefficient (Wildman–Crippen LogP) is 7.73. The highest BCUT2D eigenvalue weighted by Gasteiger charge is 2.20. The van der Waals surface area contributed by atoms with Crippen molar-refractivity contribution in [2.75, 3.05) is 0 Å². The van der Waals surface area contributed by atoms with Gasteiger partial charge >= 0.3 is 5.97 Å². The van der Waals surface area contributed by atoms with Crippen molar-refractivity contribution in [2.24, 2.45) is 0 Å². The van der Waals surface area contributed by atoms with Crippen molar-refractivity contribution in [1.82, 2.24) is 9.97 Å². The number of H-pyrrole nitrogens is 1. The second-order valence-electron chi connectivity index (χ2n) is 8.36. The lowest BCUT2D eigenvalue weighted by Gasteiger charge is -2.16. The molecule has 0 unspecified atom stereocenters. The maximum atomic E-state index is 14.6. The van der Waals surface area contributed by atoms with E-state index in [2.05, 4.69) is 16.5 Å². The minimum absolute atomic E-state index is 0.150. The van der Waals surface area contributed by atoms with Gasteiger partial charge in [0, 0.05) is 5.92 Å². The molecule has 4 nitrogen and oxygen atoms in total. The average Bonchev–Trinajstić information content (AvgIpc) is 3.30. The van der Waals surface area contributed by atoms with Gasteiger partial charge in [-0.2, -0.15) is 0 Å². The standard InChI is InChI=1S/C29H23ClF2N2O2/c1-3-19(26-23(31)13-12-22(30)27(26)32)10-9-17(2)21(15-18-7-5-4-6-8-18)28-33-24-14-11-20(29(35)36)16-25(24)34-28/h3-14,16,21H,1,15H2,2H3,(H,33,34)(H,35,36)/b17-9+,19-10+/t21-/m0/s1. The molecule has 4 aromatic rings. The number of imidazole rings is 1. The fraction of sp³-hybridized carbons (Fsp3) is 0.103. The number of rotatable bonds is 8. The lowest BCUT2D eigenvalue weighted by atomic mass is 9.91. The zero-order valence-electron chi connectivity index (χ0n) is 19.4. The van der Waals surface area contributed by atoms with Crippen molar-refractivity contribution >= 4 is 34.2 Å². The van der Waals surface area contributed by atoms with Crippen LogP contribution in [-0.2, 0) is 6.42 Å². The van der Waals surface area contributed by atoms with Crippen LogP contribution in [-0.4, -0.2) is 21.0 Å². The third-order valence-electron chi connectivity index (χ3n) is 5.99. The number of halogens is 3. The summed E-state index contributed by atoms with van der Waals surface area (Å²) in [4.78, 5) is 19.4. The molecule has 0 aliphatic carbocycles. The van der Waals surface area contributed by atoms with Crippen LogP contribution < -0.4 is 0 Å². The van der Waals surface area contributed by atoms with Crippen molar-refractivity contribution in [3.63, 3.8) is 0 Å². The highest BCUT2D eigenvalue weighted by atomic mass is 35.5. The molecule has 0 aliphatic heterocycles. The number of fused-ring (bicyclic) bond motifs is 1. The molecule has 1 atom stereocenters. The minimum Gasteiger partial charge on any atom is -0.478 e. The summed E-state index contributed by atoms with van der Waals surface area (Å²) in [5, 5.41) is 9.14. The summed E-state index contributed by atoms with van der Waals surface area (Å²) < 4.78 is 29.1. The third kappa shape index (κ3) is 5.29. The number of carboxylic acids is 1. The monoisotopic (exact) mass is 504 g/mol. The van der Waals surface area contributed by atoms with Crippen molar-refractivity contribution < 1.29 is 18.7 Å². The van der Waals surface area contributed by atoms with E-state index in [0.717, 1.165) is 17.2 Å². The van der Waals surface area contributed by atoms with Gasteiger partial charge < -0.3 is 10.1 Å². The summed E-state index contributed by atoms with van der Waals surface area (Å²) in [6.45, 7) is 5.62. The first-order chi connectivity index (χ1) is 17.3. The van der Waals surface area contributed by atoms with Crippen LogP contribution in [0, 0.1) is 11.6 Å². The first kappa shape index (κ1) is 25.1. The van der Waals surface area contributed by atoms with Crippen LogP contribution in [0.15, 0.2) is 91.0 Å². The Morgan fingerprint density at radius 3 is 2.58 bits per heavy atom. The van der Waals surface area contributed by atoms with Gasteiger partial charge in [0.1, 0.15) is 11.6 Å². The number of benzene rings is 3. The maximum Gasteiger partial charge on any atom is 0.335 e. The topological polar surface area (TPSA) is 66.0 Å². The van der Waals surface area contributed by atoms with Crippen molar-refractivity contribution in [2.45, 2.75) is 19.3 Å². The summed E-state index contributed by atoms with van der Waals surface area (Å²) in [5.74, 6) is -2.17. The van der Waals surface area contributed by atoms with E-state index < -0.39 is 17.6 Å². The molecule has 182 valence electrons. The van der Waals surface area contributed by atoms with Gasteiger partial charge in [-0.1, -0.05) is 72.3 Å². The molecule has 2 N–H and O–H groups in total. The van der Waals surface area contributed by atoms with E-state index in [9.17, 15) is 18.7 Å². The van der Waals surface area contributed by atoms with Crippen LogP contribution >= 0.6 is 11.6 Å². The number of hydrogen-bond donors (Lipinski definition) is 2. The number of aromatic amines is 1. The molecule has 3 aromatic carbocycles. The Hall–Kier alpha value is -4.03. The number of hydrogen-bond acceptors (Lipinski definition) is 2. The summed E-state index contributed by atoms with van der Waals surface area (Å²) in [5.41, 5.74) is 3.36. The van der Waals surface area contributed by atoms with Crippen molar-refractivity contribution in [3.05, 3.63) is 130 Å².